The first-order chi connectivity index (χ1) is 8.07. The Morgan fingerprint density at radius 1 is 0.824 bits per heavy atom. The van der Waals surface area contributed by atoms with Crippen molar-refractivity contribution in [3.05, 3.63) is 35.4 Å². The van der Waals surface area contributed by atoms with E-state index in [1.807, 2.05) is 0 Å². The van der Waals surface area contributed by atoms with Crippen molar-refractivity contribution in [3.8, 4) is 0 Å². The summed E-state index contributed by atoms with van der Waals surface area (Å²) in [5, 5.41) is 19.6. The number of aryl methyl sites for hydroxylation is 1. The van der Waals surface area contributed by atoms with Crippen molar-refractivity contribution in [2.45, 2.75) is 56.1 Å². The second-order valence-electron chi connectivity index (χ2n) is 5.94. The molecule has 0 saturated heterocycles. The number of aliphatic hydroxyl groups is 2. The molecule has 0 aliphatic heterocycles. The SMILES string of the molecule is OC1(CCc2ccc(CC3(O)CC3)cc2)CC1. The average molecular weight is 232 g/mol. The molecule has 2 heteroatoms. The third-order valence-electron chi connectivity index (χ3n) is 4.09. The molecule has 0 unspecified atom stereocenters. The van der Waals surface area contributed by atoms with Crippen molar-refractivity contribution in [2.75, 3.05) is 0 Å². The van der Waals surface area contributed by atoms with E-state index in [9.17, 15) is 10.2 Å². The summed E-state index contributed by atoms with van der Waals surface area (Å²) in [6.45, 7) is 0. The van der Waals surface area contributed by atoms with Gasteiger partial charge in [0.2, 0.25) is 0 Å². The zero-order valence-corrected chi connectivity index (χ0v) is 10.2. The second kappa shape index (κ2) is 3.82. The first-order valence-corrected chi connectivity index (χ1v) is 6.60. The van der Waals surface area contributed by atoms with Crippen molar-refractivity contribution in [1.82, 2.24) is 0 Å². The van der Waals surface area contributed by atoms with E-state index >= 15 is 0 Å². The Hall–Kier alpha value is -0.860. The predicted octanol–water partition coefficient (Wildman–Crippen LogP) is 2.21. The molecule has 17 heavy (non-hydrogen) atoms. The lowest BCUT2D eigenvalue weighted by Gasteiger charge is -2.10. The van der Waals surface area contributed by atoms with Crippen LogP contribution in [0.1, 0.15) is 43.2 Å². The zero-order valence-electron chi connectivity index (χ0n) is 10.2. The Morgan fingerprint density at radius 3 is 1.88 bits per heavy atom. The van der Waals surface area contributed by atoms with Crippen LogP contribution in [0.15, 0.2) is 24.3 Å². The van der Waals surface area contributed by atoms with E-state index in [-0.39, 0.29) is 5.60 Å². The standard InChI is InChI=1S/C15H20O2/c16-14(7-8-14)6-5-12-1-3-13(4-2-12)11-15(17)9-10-15/h1-4,16-17H,5-11H2. The van der Waals surface area contributed by atoms with E-state index in [2.05, 4.69) is 24.3 Å². The monoisotopic (exact) mass is 232 g/mol. The van der Waals surface area contributed by atoms with Gasteiger partial charge >= 0.3 is 0 Å². The fraction of sp³-hybridized carbons (Fsp3) is 0.600. The lowest BCUT2D eigenvalue weighted by molar-refractivity contribution is 0.140. The van der Waals surface area contributed by atoms with Gasteiger partial charge in [0.25, 0.3) is 0 Å². The molecule has 2 aliphatic carbocycles. The highest BCUT2D eigenvalue weighted by molar-refractivity contribution is 5.25. The summed E-state index contributed by atoms with van der Waals surface area (Å²) in [4.78, 5) is 0. The molecule has 2 N–H and O–H groups in total. The van der Waals surface area contributed by atoms with Crippen molar-refractivity contribution in [2.24, 2.45) is 0 Å². The summed E-state index contributed by atoms with van der Waals surface area (Å²) in [7, 11) is 0. The molecule has 2 saturated carbocycles. The van der Waals surface area contributed by atoms with Gasteiger partial charge in [-0.05, 0) is 49.7 Å². The number of hydrogen-bond acceptors (Lipinski definition) is 2. The van der Waals surface area contributed by atoms with E-state index in [1.54, 1.807) is 0 Å². The average Bonchev–Trinajstić information content (AvgIpc) is 3.20. The molecule has 0 amide bonds. The molecule has 2 nitrogen and oxygen atoms in total. The van der Waals surface area contributed by atoms with Crippen LogP contribution in [0.2, 0.25) is 0 Å². The van der Waals surface area contributed by atoms with E-state index < -0.39 is 5.60 Å². The molecule has 0 radical (unpaired) electrons. The van der Waals surface area contributed by atoms with E-state index in [0.29, 0.717) is 0 Å². The summed E-state index contributed by atoms with van der Waals surface area (Å²) in [6.07, 6.45) is 6.47. The van der Waals surface area contributed by atoms with Crippen LogP contribution in [-0.4, -0.2) is 21.4 Å². The maximum Gasteiger partial charge on any atom is 0.0690 e. The maximum atomic E-state index is 9.84. The fourth-order valence-corrected chi connectivity index (χ4v) is 2.30. The largest absolute Gasteiger partial charge is 0.390 e. The van der Waals surface area contributed by atoms with Gasteiger partial charge in [-0.15, -0.1) is 0 Å². The van der Waals surface area contributed by atoms with Gasteiger partial charge in [0, 0.05) is 6.42 Å². The number of hydrogen-bond donors (Lipinski definition) is 2. The lowest BCUT2D eigenvalue weighted by atomic mass is 10.0. The molecule has 92 valence electrons. The topological polar surface area (TPSA) is 40.5 Å². The highest BCUT2D eigenvalue weighted by Crippen LogP contribution is 2.40. The first kappa shape index (κ1) is 11.2. The minimum Gasteiger partial charge on any atom is -0.390 e. The normalized spacial score (nSPS) is 23.4. The smallest absolute Gasteiger partial charge is 0.0690 e. The van der Waals surface area contributed by atoms with Crippen LogP contribution in [0.4, 0.5) is 0 Å². The van der Waals surface area contributed by atoms with E-state index in [4.69, 9.17) is 0 Å². The minimum atomic E-state index is -0.398. The van der Waals surface area contributed by atoms with E-state index in [0.717, 1.165) is 44.9 Å². The summed E-state index contributed by atoms with van der Waals surface area (Å²) in [5.74, 6) is 0. The Bertz CT molecular complexity index is 399. The molecule has 1 aromatic carbocycles. The van der Waals surface area contributed by atoms with Gasteiger partial charge in [-0.3, -0.25) is 0 Å². The van der Waals surface area contributed by atoms with Crippen LogP contribution in [0.3, 0.4) is 0 Å². The summed E-state index contributed by atoms with van der Waals surface area (Å²) in [6, 6.07) is 8.49. The number of rotatable bonds is 5. The van der Waals surface area contributed by atoms with Gasteiger partial charge < -0.3 is 10.2 Å². The molecule has 0 spiro atoms. The summed E-state index contributed by atoms with van der Waals surface area (Å²) in [5.41, 5.74) is 1.77. The third kappa shape index (κ3) is 2.88. The lowest BCUT2D eigenvalue weighted by Crippen LogP contribution is -2.10. The predicted molar refractivity (Wildman–Crippen MR) is 66.8 cm³/mol. The van der Waals surface area contributed by atoms with E-state index in [1.165, 1.54) is 11.1 Å². The third-order valence-corrected chi connectivity index (χ3v) is 4.09. The van der Waals surface area contributed by atoms with Gasteiger partial charge in [-0.2, -0.15) is 0 Å². The molecule has 2 fully saturated rings. The van der Waals surface area contributed by atoms with Crippen LogP contribution in [0.5, 0.6) is 0 Å². The molecular weight excluding hydrogens is 212 g/mol. The van der Waals surface area contributed by atoms with Crippen LogP contribution in [-0.2, 0) is 12.8 Å². The zero-order chi connectivity index (χ0) is 11.9. The fourth-order valence-electron chi connectivity index (χ4n) is 2.30. The van der Waals surface area contributed by atoms with Crippen LogP contribution in [0, 0.1) is 0 Å². The summed E-state index contributed by atoms with van der Waals surface area (Å²) < 4.78 is 0. The van der Waals surface area contributed by atoms with Gasteiger partial charge in [0.15, 0.2) is 0 Å². The molecule has 2 aliphatic rings. The Labute approximate surface area is 102 Å². The highest BCUT2D eigenvalue weighted by Gasteiger charge is 2.40. The van der Waals surface area contributed by atoms with Gasteiger partial charge in [-0.25, -0.2) is 0 Å². The highest BCUT2D eigenvalue weighted by atomic mass is 16.3. The Balaban J connectivity index is 1.55. The molecule has 0 atom stereocenters. The maximum absolute atomic E-state index is 9.84. The van der Waals surface area contributed by atoms with Crippen LogP contribution >= 0.6 is 0 Å². The van der Waals surface area contributed by atoms with Crippen LogP contribution in [0.25, 0.3) is 0 Å². The summed E-state index contributed by atoms with van der Waals surface area (Å²) >= 11 is 0. The molecule has 1 aromatic rings. The first-order valence-electron chi connectivity index (χ1n) is 6.60. The Morgan fingerprint density at radius 2 is 1.35 bits per heavy atom. The van der Waals surface area contributed by atoms with Gasteiger partial charge in [0.1, 0.15) is 0 Å². The van der Waals surface area contributed by atoms with Crippen molar-refractivity contribution in [3.63, 3.8) is 0 Å². The molecule has 0 heterocycles. The molecule has 0 aromatic heterocycles. The number of benzene rings is 1. The molecule has 3 rings (SSSR count). The van der Waals surface area contributed by atoms with Crippen molar-refractivity contribution in [1.29, 1.82) is 0 Å². The minimum absolute atomic E-state index is 0.345. The van der Waals surface area contributed by atoms with Crippen molar-refractivity contribution >= 4 is 0 Å². The Kier molecular flexibility index (Phi) is 2.53. The second-order valence-corrected chi connectivity index (χ2v) is 5.94. The van der Waals surface area contributed by atoms with Gasteiger partial charge in [-0.1, -0.05) is 24.3 Å². The van der Waals surface area contributed by atoms with Gasteiger partial charge in [0.05, 0.1) is 11.2 Å². The quantitative estimate of drug-likeness (QED) is 0.817. The molecule has 0 bridgehead atoms. The molecular formula is C15H20O2. The van der Waals surface area contributed by atoms with Crippen molar-refractivity contribution < 1.29 is 10.2 Å². The van der Waals surface area contributed by atoms with Crippen LogP contribution < -0.4 is 0 Å².